The lowest BCUT2D eigenvalue weighted by atomic mass is 10.0. The normalized spacial score (nSPS) is 21.8. The molecule has 1 amide bonds. The highest BCUT2D eigenvalue weighted by Crippen LogP contribution is 2.14. The van der Waals surface area contributed by atoms with Crippen LogP contribution < -0.4 is 5.73 Å². The number of rotatable bonds is 6. The molecular weight excluding hydrogens is 216 g/mol. The molecule has 0 bridgehead atoms. The van der Waals surface area contributed by atoms with Gasteiger partial charge in [-0.3, -0.25) is 4.79 Å². The monoisotopic (exact) mass is 242 g/mol. The molecule has 1 fully saturated rings. The molecule has 0 aliphatic carbocycles. The Morgan fingerprint density at radius 3 is 2.71 bits per heavy atom. The number of carbonyl (C=O) groups is 1. The molecule has 17 heavy (non-hydrogen) atoms. The molecule has 0 spiro atoms. The quantitative estimate of drug-likeness (QED) is 0.765. The van der Waals surface area contributed by atoms with Crippen molar-refractivity contribution in [3.63, 3.8) is 0 Å². The van der Waals surface area contributed by atoms with Gasteiger partial charge in [-0.25, -0.2) is 0 Å². The van der Waals surface area contributed by atoms with Crippen LogP contribution in [-0.2, 0) is 9.53 Å². The summed E-state index contributed by atoms with van der Waals surface area (Å²) in [6, 6.07) is -0.364. The third-order valence-electron chi connectivity index (χ3n) is 3.18. The summed E-state index contributed by atoms with van der Waals surface area (Å²) in [4.78, 5) is 14.0. The minimum atomic E-state index is -0.364. The van der Waals surface area contributed by atoms with Gasteiger partial charge in [-0.05, 0) is 32.1 Å². The maximum Gasteiger partial charge on any atom is 0.239 e. The van der Waals surface area contributed by atoms with Crippen LogP contribution in [0.5, 0.6) is 0 Å². The van der Waals surface area contributed by atoms with E-state index in [1.54, 1.807) is 0 Å². The van der Waals surface area contributed by atoms with Crippen molar-refractivity contribution in [2.24, 2.45) is 11.7 Å². The summed E-state index contributed by atoms with van der Waals surface area (Å²) in [5.41, 5.74) is 5.94. The van der Waals surface area contributed by atoms with Crippen molar-refractivity contribution in [2.75, 3.05) is 19.7 Å². The minimum absolute atomic E-state index is 0.0664. The number of ether oxygens (including phenoxy) is 1. The number of amides is 1. The van der Waals surface area contributed by atoms with Crippen LogP contribution >= 0.6 is 0 Å². The van der Waals surface area contributed by atoms with E-state index in [1.807, 2.05) is 11.8 Å². The standard InChI is InChI=1S/C13H26N2O2/c1-4-15(9-11-6-5-7-17-11)13(16)12(14)8-10(2)3/h10-12H,4-9,14H2,1-3H3. The Bertz CT molecular complexity index is 238. The molecule has 2 unspecified atom stereocenters. The summed E-state index contributed by atoms with van der Waals surface area (Å²) >= 11 is 0. The molecule has 0 aromatic rings. The van der Waals surface area contributed by atoms with Gasteiger partial charge >= 0.3 is 0 Å². The van der Waals surface area contributed by atoms with Crippen LogP contribution in [0.4, 0.5) is 0 Å². The van der Waals surface area contributed by atoms with Crippen LogP contribution in [0.25, 0.3) is 0 Å². The Morgan fingerprint density at radius 1 is 1.53 bits per heavy atom. The summed E-state index contributed by atoms with van der Waals surface area (Å²) in [6.45, 7) is 8.40. The van der Waals surface area contributed by atoms with Crippen molar-refractivity contribution in [3.05, 3.63) is 0 Å². The Balaban J connectivity index is 2.44. The van der Waals surface area contributed by atoms with Gasteiger partial charge in [0.25, 0.3) is 0 Å². The highest BCUT2D eigenvalue weighted by molar-refractivity contribution is 5.81. The average molecular weight is 242 g/mol. The molecule has 100 valence electrons. The number of nitrogens with two attached hydrogens (primary N) is 1. The van der Waals surface area contributed by atoms with Crippen molar-refractivity contribution < 1.29 is 9.53 Å². The van der Waals surface area contributed by atoms with E-state index in [2.05, 4.69) is 13.8 Å². The predicted octanol–water partition coefficient (Wildman–Crippen LogP) is 1.39. The van der Waals surface area contributed by atoms with Crippen LogP contribution in [0.1, 0.15) is 40.0 Å². The number of hydrogen-bond acceptors (Lipinski definition) is 3. The summed E-state index contributed by atoms with van der Waals surface area (Å²) in [5.74, 6) is 0.520. The van der Waals surface area contributed by atoms with Gasteiger partial charge in [-0.15, -0.1) is 0 Å². The van der Waals surface area contributed by atoms with E-state index in [-0.39, 0.29) is 18.1 Å². The lowest BCUT2D eigenvalue weighted by Gasteiger charge is -2.27. The summed E-state index contributed by atoms with van der Waals surface area (Å²) in [7, 11) is 0. The molecule has 1 aliphatic heterocycles. The zero-order chi connectivity index (χ0) is 12.8. The first-order chi connectivity index (χ1) is 8.04. The van der Waals surface area contributed by atoms with Crippen LogP contribution in [0, 0.1) is 5.92 Å². The van der Waals surface area contributed by atoms with Crippen molar-refractivity contribution in [1.29, 1.82) is 0 Å². The molecule has 2 atom stereocenters. The second kappa shape index (κ2) is 6.97. The van der Waals surface area contributed by atoms with Gasteiger partial charge in [0.05, 0.1) is 12.1 Å². The lowest BCUT2D eigenvalue weighted by Crippen LogP contribution is -2.47. The number of carbonyl (C=O) groups excluding carboxylic acids is 1. The summed E-state index contributed by atoms with van der Waals surface area (Å²) in [5, 5.41) is 0. The van der Waals surface area contributed by atoms with E-state index >= 15 is 0 Å². The average Bonchev–Trinajstić information content (AvgIpc) is 2.76. The van der Waals surface area contributed by atoms with Crippen molar-refractivity contribution in [2.45, 2.75) is 52.2 Å². The van der Waals surface area contributed by atoms with Gasteiger partial charge in [0, 0.05) is 19.7 Å². The SMILES string of the molecule is CCN(CC1CCCO1)C(=O)C(N)CC(C)C. The Kier molecular flexibility index (Phi) is 5.92. The van der Waals surface area contributed by atoms with Crippen molar-refractivity contribution in [3.8, 4) is 0 Å². The molecule has 0 radical (unpaired) electrons. The van der Waals surface area contributed by atoms with E-state index in [0.29, 0.717) is 19.0 Å². The highest BCUT2D eigenvalue weighted by atomic mass is 16.5. The van der Waals surface area contributed by atoms with Crippen LogP contribution in [-0.4, -0.2) is 42.6 Å². The maximum absolute atomic E-state index is 12.1. The zero-order valence-electron chi connectivity index (χ0n) is 11.3. The molecule has 2 N–H and O–H groups in total. The third kappa shape index (κ3) is 4.64. The Labute approximate surface area is 104 Å². The van der Waals surface area contributed by atoms with Gasteiger partial charge in [-0.2, -0.15) is 0 Å². The predicted molar refractivity (Wildman–Crippen MR) is 68.7 cm³/mol. The molecule has 4 heteroatoms. The second-order valence-corrected chi connectivity index (χ2v) is 5.25. The first-order valence-corrected chi connectivity index (χ1v) is 6.70. The molecule has 1 aliphatic rings. The van der Waals surface area contributed by atoms with Crippen LogP contribution in [0.15, 0.2) is 0 Å². The van der Waals surface area contributed by atoms with Crippen LogP contribution in [0.3, 0.4) is 0 Å². The number of hydrogen-bond donors (Lipinski definition) is 1. The fraction of sp³-hybridized carbons (Fsp3) is 0.923. The number of nitrogens with zero attached hydrogens (tertiary/aromatic N) is 1. The molecule has 1 rings (SSSR count). The number of likely N-dealkylation sites (N-methyl/N-ethyl adjacent to an activating group) is 1. The van der Waals surface area contributed by atoms with E-state index in [9.17, 15) is 4.79 Å². The zero-order valence-corrected chi connectivity index (χ0v) is 11.3. The van der Waals surface area contributed by atoms with Crippen molar-refractivity contribution >= 4 is 5.91 Å². The Hall–Kier alpha value is -0.610. The van der Waals surface area contributed by atoms with E-state index in [1.165, 1.54) is 0 Å². The van der Waals surface area contributed by atoms with Crippen molar-refractivity contribution in [1.82, 2.24) is 4.90 Å². The van der Waals surface area contributed by atoms with E-state index < -0.39 is 0 Å². The van der Waals surface area contributed by atoms with Gasteiger partial charge in [-0.1, -0.05) is 13.8 Å². The fourth-order valence-corrected chi connectivity index (χ4v) is 2.25. The van der Waals surface area contributed by atoms with Crippen LogP contribution in [0.2, 0.25) is 0 Å². The highest BCUT2D eigenvalue weighted by Gasteiger charge is 2.25. The van der Waals surface area contributed by atoms with Gasteiger partial charge in [0.15, 0.2) is 0 Å². The third-order valence-corrected chi connectivity index (χ3v) is 3.18. The van der Waals surface area contributed by atoms with Gasteiger partial charge in [0.1, 0.15) is 0 Å². The fourth-order valence-electron chi connectivity index (χ4n) is 2.25. The van der Waals surface area contributed by atoms with E-state index in [0.717, 1.165) is 25.9 Å². The molecule has 0 aromatic carbocycles. The summed E-state index contributed by atoms with van der Waals surface area (Å²) < 4.78 is 5.56. The largest absolute Gasteiger partial charge is 0.376 e. The first kappa shape index (κ1) is 14.5. The molecule has 4 nitrogen and oxygen atoms in total. The second-order valence-electron chi connectivity index (χ2n) is 5.25. The molecule has 1 heterocycles. The smallest absolute Gasteiger partial charge is 0.239 e. The Morgan fingerprint density at radius 2 is 2.24 bits per heavy atom. The maximum atomic E-state index is 12.1. The van der Waals surface area contributed by atoms with Gasteiger partial charge < -0.3 is 15.4 Å². The minimum Gasteiger partial charge on any atom is -0.376 e. The molecule has 0 saturated carbocycles. The molecule has 0 aromatic heterocycles. The summed E-state index contributed by atoms with van der Waals surface area (Å²) in [6.07, 6.45) is 3.13. The first-order valence-electron chi connectivity index (χ1n) is 6.70. The lowest BCUT2D eigenvalue weighted by molar-refractivity contribution is -0.134. The van der Waals surface area contributed by atoms with E-state index in [4.69, 9.17) is 10.5 Å². The molecular formula is C13H26N2O2. The van der Waals surface area contributed by atoms with Gasteiger partial charge in [0.2, 0.25) is 5.91 Å². The topological polar surface area (TPSA) is 55.6 Å². The molecule has 1 saturated heterocycles.